The van der Waals surface area contributed by atoms with Crippen molar-refractivity contribution in [2.75, 3.05) is 14.2 Å². The van der Waals surface area contributed by atoms with Gasteiger partial charge in [0.15, 0.2) is 17.1 Å². The zero-order chi connectivity index (χ0) is 10.7. The molecule has 0 amide bonds. The summed E-state index contributed by atoms with van der Waals surface area (Å²) < 4.78 is 9.02. The third-order valence-corrected chi connectivity index (χ3v) is 1.68. The van der Waals surface area contributed by atoms with Gasteiger partial charge < -0.3 is 9.47 Å². The molecule has 5 nitrogen and oxygen atoms in total. The van der Waals surface area contributed by atoms with Crippen LogP contribution in [0.1, 0.15) is 0 Å². The number of hydrogen-bond donors (Lipinski definition) is 0. The summed E-state index contributed by atoms with van der Waals surface area (Å²) in [6, 6.07) is 0. The molecule has 1 aliphatic carbocycles. The Bertz CT molecular complexity index is 361. The van der Waals surface area contributed by atoms with Gasteiger partial charge in [0.25, 0.3) is 0 Å². The molecule has 0 fully saturated rings. The molecule has 0 saturated carbocycles. The second kappa shape index (κ2) is 3.87. The fourth-order valence-electron chi connectivity index (χ4n) is 1.04. The number of hydrogen-bond acceptors (Lipinski definition) is 5. The first kappa shape index (κ1) is 10.2. The summed E-state index contributed by atoms with van der Waals surface area (Å²) >= 11 is 0. The molecule has 0 unspecified atom stereocenters. The van der Waals surface area contributed by atoms with Gasteiger partial charge in [-0.25, -0.2) is 4.79 Å². The van der Waals surface area contributed by atoms with Crippen LogP contribution in [-0.2, 0) is 23.9 Å². The zero-order valence-electron chi connectivity index (χ0n) is 7.70. The Labute approximate surface area is 80.0 Å². The van der Waals surface area contributed by atoms with Crippen LogP contribution in [0.15, 0.2) is 23.5 Å². The second-order valence-corrected chi connectivity index (χ2v) is 2.46. The average molecular weight is 196 g/mol. The summed E-state index contributed by atoms with van der Waals surface area (Å²) in [6.07, 6.45) is 2.06. The minimum Gasteiger partial charge on any atom is -0.492 e. The highest BCUT2D eigenvalue weighted by molar-refractivity contribution is 6.30. The molecule has 0 aromatic heterocycles. The molecule has 0 N–H and O–H groups in total. The monoisotopic (exact) mass is 196 g/mol. The van der Waals surface area contributed by atoms with Crippen molar-refractivity contribution in [3.63, 3.8) is 0 Å². The number of esters is 1. The number of allylic oxidation sites excluding steroid dienone is 2. The van der Waals surface area contributed by atoms with E-state index in [-0.39, 0.29) is 11.3 Å². The van der Waals surface area contributed by atoms with Gasteiger partial charge in [0.1, 0.15) is 0 Å². The van der Waals surface area contributed by atoms with Crippen molar-refractivity contribution in [3.8, 4) is 0 Å². The van der Waals surface area contributed by atoms with Crippen molar-refractivity contribution in [2.24, 2.45) is 0 Å². The standard InChI is InChI=1S/C9H8O5/c1-13-8-6(11)4-3-5(10)7(8)9(12)14-2/h3-4H,1-2H3. The van der Waals surface area contributed by atoms with Crippen LogP contribution in [0.4, 0.5) is 0 Å². The number of ether oxygens (including phenoxy) is 2. The van der Waals surface area contributed by atoms with E-state index in [0.717, 1.165) is 19.3 Å². The molecule has 74 valence electrons. The molecule has 0 radical (unpaired) electrons. The second-order valence-electron chi connectivity index (χ2n) is 2.46. The molecule has 1 rings (SSSR count). The molecular formula is C9H8O5. The zero-order valence-corrected chi connectivity index (χ0v) is 7.70. The Morgan fingerprint density at radius 2 is 1.71 bits per heavy atom. The molecule has 0 aromatic carbocycles. The number of methoxy groups -OCH3 is 2. The van der Waals surface area contributed by atoms with Crippen LogP contribution < -0.4 is 0 Å². The fraction of sp³-hybridized carbons (Fsp3) is 0.222. The highest BCUT2D eigenvalue weighted by Crippen LogP contribution is 2.15. The van der Waals surface area contributed by atoms with E-state index in [0.29, 0.717) is 0 Å². The quantitative estimate of drug-likeness (QED) is 0.346. The van der Waals surface area contributed by atoms with Crippen molar-refractivity contribution < 1.29 is 23.9 Å². The molecule has 0 aliphatic heterocycles. The predicted molar refractivity (Wildman–Crippen MR) is 45.2 cm³/mol. The summed E-state index contributed by atoms with van der Waals surface area (Å²) in [5.74, 6) is -2.25. The van der Waals surface area contributed by atoms with Gasteiger partial charge in [0.05, 0.1) is 14.2 Å². The first-order valence-electron chi connectivity index (χ1n) is 3.75. The maximum atomic E-state index is 11.2. The van der Waals surface area contributed by atoms with Crippen LogP contribution in [0.5, 0.6) is 0 Å². The topological polar surface area (TPSA) is 69.7 Å². The highest BCUT2D eigenvalue weighted by Gasteiger charge is 2.29. The van der Waals surface area contributed by atoms with E-state index in [1.807, 2.05) is 0 Å². The minimum absolute atomic E-state index is 0.274. The normalized spacial score (nSPS) is 15.9. The molecule has 14 heavy (non-hydrogen) atoms. The lowest BCUT2D eigenvalue weighted by Gasteiger charge is -2.10. The van der Waals surface area contributed by atoms with E-state index < -0.39 is 17.5 Å². The Balaban J connectivity index is 3.22. The fourth-order valence-corrected chi connectivity index (χ4v) is 1.04. The van der Waals surface area contributed by atoms with E-state index in [9.17, 15) is 14.4 Å². The summed E-state index contributed by atoms with van der Waals surface area (Å²) in [5, 5.41) is 0. The van der Waals surface area contributed by atoms with Crippen molar-refractivity contribution in [3.05, 3.63) is 23.5 Å². The summed E-state index contributed by atoms with van der Waals surface area (Å²) in [5.41, 5.74) is -0.359. The third-order valence-electron chi connectivity index (χ3n) is 1.68. The van der Waals surface area contributed by atoms with Crippen LogP contribution in [0.2, 0.25) is 0 Å². The molecule has 1 aliphatic rings. The van der Waals surface area contributed by atoms with Crippen molar-refractivity contribution in [2.45, 2.75) is 0 Å². The number of ketones is 2. The molecule has 0 spiro atoms. The lowest BCUT2D eigenvalue weighted by molar-refractivity contribution is -0.138. The molecule has 0 bridgehead atoms. The van der Waals surface area contributed by atoms with Gasteiger partial charge in [-0.1, -0.05) is 0 Å². The smallest absolute Gasteiger partial charge is 0.345 e. The SMILES string of the molecule is COC(=O)C1=C(OC)C(=O)C=CC1=O. The average Bonchev–Trinajstić information content (AvgIpc) is 2.19. The molecule has 0 atom stereocenters. The van der Waals surface area contributed by atoms with E-state index >= 15 is 0 Å². The van der Waals surface area contributed by atoms with E-state index in [1.165, 1.54) is 7.11 Å². The highest BCUT2D eigenvalue weighted by atomic mass is 16.5. The van der Waals surface area contributed by atoms with Gasteiger partial charge in [0.2, 0.25) is 5.78 Å². The largest absolute Gasteiger partial charge is 0.492 e. The Kier molecular flexibility index (Phi) is 2.81. The summed E-state index contributed by atoms with van der Waals surface area (Å²) in [6.45, 7) is 0. The number of carbonyl (C=O) groups excluding carboxylic acids is 3. The van der Waals surface area contributed by atoms with Crippen molar-refractivity contribution in [1.29, 1.82) is 0 Å². The summed E-state index contributed by atoms with van der Waals surface area (Å²) in [7, 11) is 2.33. The van der Waals surface area contributed by atoms with Crippen LogP contribution in [0.3, 0.4) is 0 Å². The van der Waals surface area contributed by atoms with Gasteiger partial charge in [-0.3, -0.25) is 9.59 Å². The molecular weight excluding hydrogens is 188 g/mol. The van der Waals surface area contributed by atoms with Gasteiger partial charge in [0, 0.05) is 0 Å². The minimum atomic E-state index is -0.871. The van der Waals surface area contributed by atoms with Crippen LogP contribution in [0, 0.1) is 0 Å². The predicted octanol–water partition coefficient (Wildman–Crippen LogP) is -0.232. The lowest BCUT2D eigenvalue weighted by Crippen LogP contribution is -2.22. The van der Waals surface area contributed by atoms with Gasteiger partial charge in [-0.15, -0.1) is 0 Å². The Morgan fingerprint density at radius 1 is 1.14 bits per heavy atom. The van der Waals surface area contributed by atoms with Gasteiger partial charge in [-0.2, -0.15) is 0 Å². The maximum Gasteiger partial charge on any atom is 0.345 e. The van der Waals surface area contributed by atoms with E-state index in [4.69, 9.17) is 0 Å². The Morgan fingerprint density at radius 3 is 2.21 bits per heavy atom. The first-order chi connectivity index (χ1) is 6.61. The number of rotatable bonds is 2. The van der Waals surface area contributed by atoms with Crippen LogP contribution in [-0.4, -0.2) is 31.8 Å². The van der Waals surface area contributed by atoms with E-state index in [1.54, 1.807) is 0 Å². The molecule has 0 saturated heterocycles. The van der Waals surface area contributed by atoms with Crippen LogP contribution in [0.25, 0.3) is 0 Å². The Hall–Kier alpha value is -1.91. The summed E-state index contributed by atoms with van der Waals surface area (Å²) in [4.78, 5) is 33.5. The first-order valence-corrected chi connectivity index (χ1v) is 3.75. The van der Waals surface area contributed by atoms with Crippen molar-refractivity contribution in [1.82, 2.24) is 0 Å². The number of carbonyl (C=O) groups is 3. The molecule has 0 heterocycles. The lowest BCUT2D eigenvalue weighted by atomic mass is 10.0. The third kappa shape index (κ3) is 1.56. The van der Waals surface area contributed by atoms with Gasteiger partial charge >= 0.3 is 5.97 Å². The van der Waals surface area contributed by atoms with Crippen LogP contribution >= 0.6 is 0 Å². The van der Waals surface area contributed by atoms with E-state index in [2.05, 4.69) is 9.47 Å². The molecule has 0 aromatic rings. The maximum absolute atomic E-state index is 11.2. The van der Waals surface area contributed by atoms with Gasteiger partial charge in [-0.05, 0) is 12.2 Å². The van der Waals surface area contributed by atoms with Crippen molar-refractivity contribution >= 4 is 17.5 Å². The molecule has 5 heteroatoms.